The zero-order valence-corrected chi connectivity index (χ0v) is 25.3. The Hall–Kier alpha value is -0.453. The maximum atomic E-state index is 4.45. The molecule has 1 N–H and O–H groups in total. The molecule has 1 fully saturated rings. The van der Waals surface area contributed by atoms with Gasteiger partial charge in [0.1, 0.15) is 0 Å². The van der Waals surface area contributed by atoms with Gasteiger partial charge in [0.15, 0.2) is 0 Å². The van der Waals surface area contributed by atoms with Gasteiger partial charge in [0.05, 0.1) is 0 Å². The van der Waals surface area contributed by atoms with E-state index in [1.807, 2.05) is 3.33 Å². The summed E-state index contributed by atoms with van der Waals surface area (Å²) in [5.41, 5.74) is 4.81. The van der Waals surface area contributed by atoms with Crippen LogP contribution in [0.3, 0.4) is 0 Å². The molecule has 0 aliphatic heterocycles. The van der Waals surface area contributed by atoms with Crippen LogP contribution in [0.25, 0.3) is 0 Å². The largest absolute Gasteiger partial charge is 1.00 e. The van der Waals surface area contributed by atoms with Crippen molar-refractivity contribution in [1.29, 1.82) is 0 Å². The summed E-state index contributed by atoms with van der Waals surface area (Å²) in [5, 5.41) is 3.28. The molecule has 165 valence electrons. The first-order valence-corrected chi connectivity index (χ1v) is 22.7. The van der Waals surface area contributed by atoms with Gasteiger partial charge in [0.2, 0.25) is 0 Å². The second kappa shape index (κ2) is 12.1. The van der Waals surface area contributed by atoms with Crippen LogP contribution in [0.2, 0.25) is 0 Å². The normalized spacial score (nSPS) is 18.9. The molecule has 1 saturated carbocycles. The van der Waals surface area contributed by atoms with Crippen LogP contribution in [0.5, 0.6) is 0 Å². The zero-order chi connectivity index (χ0) is 20.4. The van der Waals surface area contributed by atoms with Crippen molar-refractivity contribution in [2.75, 3.05) is 0 Å². The second-order valence-electron chi connectivity index (χ2n) is 8.86. The maximum absolute atomic E-state index is 4.45. The first-order chi connectivity index (χ1) is 14.1. The van der Waals surface area contributed by atoms with Crippen molar-refractivity contribution in [1.82, 2.24) is 3.30 Å². The van der Waals surface area contributed by atoms with Gasteiger partial charge in [-0.1, -0.05) is 0 Å². The summed E-state index contributed by atoms with van der Waals surface area (Å²) < 4.78 is 6.32. The molecule has 0 spiro atoms. The maximum Gasteiger partial charge on any atom is -1.00 e. The third-order valence-corrected chi connectivity index (χ3v) is 34.8. The van der Waals surface area contributed by atoms with Crippen molar-refractivity contribution in [3.05, 3.63) is 80.7 Å². The minimum atomic E-state index is -2.35. The monoisotopic (exact) mass is 638 g/mol. The van der Waals surface area contributed by atoms with Gasteiger partial charge < -0.3 is 24.8 Å². The third-order valence-electron chi connectivity index (χ3n) is 7.20. The van der Waals surface area contributed by atoms with Crippen molar-refractivity contribution < 1.29 is 45.7 Å². The van der Waals surface area contributed by atoms with Crippen molar-refractivity contribution in [3.8, 4) is 0 Å². The van der Waals surface area contributed by atoms with Crippen LogP contribution in [0.1, 0.15) is 53.4 Å². The molecule has 5 heteroatoms. The van der Waals surface area contributed by atoms with Gasteiger partial charge in [-0.3, -0.25) is 0 Å². The zero-order valence-electron chi connectivity index (χ0n) is 19.1. The summed E-state index contributed by atoms with van der Waals surface area (Å²) in [6, 6.07) is 23.8. The van der Waals surface area contributed by atoms with Crippen LogP contribution >= 0.6 is 0 Å². The number of rotatable bonds is 6. The molecular formula is C26H34Cl2HfNSi. The number of benzene rings is 2. The van der Waals surface area contributed by atoms with Crippen LogP contribution < -0.4 is 38.5 Å². The molecule has 1 nitrogen and oxygen atoms in total. The van der Waals surface area contributed by atoms with Gasteiger partial charge in [-0.05, 0) is 0 Å². The van der Waals surface area contributed by atoms with Crippen LogP contribution in [0, 0.1) is 5.92 Å². The first-order valence-electron chi connectivity index (χ1n) is 11.2. The van der Waals surface area contributed by atoms with Crippen LogP contribution in [0.4, 0.5) is 0 Å². The van der Waals surface area contributed by atoms with Crippen molar-refractivity contribution in [2.45, 2.75) is 59.4 Å². The van der Waals surface area contributed by atoms with Crippen LogP contribution in [0.15, 0.2) is 80.7 Å². The molecule has 2 aromatic carbocycles. The fourth-order valence-corrected chi connectivity index (χ4v) is 38.0. The van der Waals surface area contributed by atoms with E-state index in [1.165, 1.54) is 25.7 Å². The van der Waals surface area contributed by atoms with Gasteiger partial charge in [-0.15, -0.1) is 0 Å². The molecule has 0 heterocycles. The Kier molecular flexibility index (Phi) is 10.5. The SMILES string of the molecule is CC1=C(C)C(C)[C]([Hf+2]([NH]C2CCCC2)[SiH](c2ccccc2)c2ccccc2)=C1C.[Cl-].[Cl-]. The molecule has 2 aliphatic rings. The molecule has 2 aromatic rings. The van der Waals surface area contributed by atoms with E-state index in [0.717, 1.165) is 6.04 Å². The van der Waals surface area contributed by atoms with E-state index in [4.69, 9.17) is 0 Å². The molecular weight excluding hydrogens is 604 g/mol. The second-order valence-corrected chi connectivity index (χ2v) is 28.0. The van der Waals surface area contributed by atoms with E-state index < -0.39 is 26.9 Å². The molecule has 31 heavy (non-hydrogen) atoms. The summed E-state index contributed by atoms with van der Waals surface area (Å²) in [6.07, 6.45) is 5.57. The Morgan fingerprint density at radius 3 is 1.68 bits per heavy atom. The summed E-state index contributed by atoms with van der Waals surface area (Å²) in [6.45, 7) is 9.62. The van der Waals surface area contributed by atoms with Crippen molar-refractivity contribution in [2.24, 2.45) is 5.92 Å². The smallest absolute Gasteiger partial charge is 1.00 e. The predicted molar refractivity (Wildman–Crippen MR) is 125 cm³/mol. The molecule has 0 amide bonds. The standard InChI is InChI=1S/C12H11Si.C9H13.C5H10N.2ClH.Hf/c1-3-7-11(8-4-1)13-12-9-5-2-6-10-12;1-6-5-7(2)9(4)8(6)3;6-5-3-1-2-4-5;;;/h1-10,13H;6H,1-4H3;5-6H,1-4H2;2*1H;/q;;-1;;;+3/p-2. The molecule has 0 radical (unpaired) electrons. The summed E-state index contributed by atoms with van der Waals surface area (Å²) >= 11 is -2.35. The van der Waals surface area contributed by atoms with E-state index in [9.17, 15) is 0 Å². The summed E-state index contributed by atoms with van der Waals surface area (Å²) in [5.74, 6) is -0.656. The number of halogens is 2. The molecule has 1 atom stereocenters. The predicted octanol–water partition coefficient (Wildman–Crippen LogP) is -1.14. The number of hydrogen-bond acceptors (Lipinski definition) is 1. The topological polar surface area (TPSA) is 12.0 Å². The van der Waals surface area contributed by atoms with E-state index in [-0.39, 0.29) is 24.8 Å². The molecule has 0 bridgehead atoms. The Bertz CT molecular complexity index is 868. The number of hydrogen-bond donors (Lipinski definition) is 1. The number of nitrogens with one attached hydrogen (secondary N) is 1. The minimum Gasteiger partial charge on any atom is -1.00 e. The fraction of sp³-hybridized carbons (Fsp3) is 0.385. The Morgan fingerprint density at radius 1 is 0.774 bits per heavy atom. The minimum absolute atomic E-state index is 0. The average Bonchev–Trinajstić information content (AvgIpc) is 3.33. The number of allylic oxidation sites excluding steroid dienone is 4. The van der Waals surface area contributed by atoms with Crippen molar-refractivity contribution in [3.63, 3.8) is 0 Å². The van der Waals surface area contributed by atoms with Crippen LogP contribution in [-0.2, 0) is 20.9 Å². The molecule has 4 rings (SSSR count). The van der Waals surface area contributed by atoms with E-state index in [1.54, 1.807) is 27.1 Å². The molecule has 0 saturated heterocycles. The van der Waals surface area contributed by atoms with Gasteiger partial charge >= 0.3 is 187 Å². The van der Waals surface area contributed by atoms with Gasteiger partial charge in [0, 0.05) is 0 Å². The van der Waals surface area contributed by atoms with Crippen LogP contribution in [-0.4, -0.2) is 12.0 Å². The molecule has 1 unspecified atom stereocenters. The fourth-order valence-electron chi connectivity index (χ4n) is 5.22. The Labute approximate surface area is 210 Å². The van der Waals surface area contributed by atoms with E-state index in [2.05, 4.69) is 91.7 Å². The quantitative estimate of drug-likeness (QED) is 0.395. The van der Waals surface area contributed by atoms with E-state index >= 15 is 0 Å². The Morgan fingerprint density at radius 2 is 1.26 bits per heavy atom. The molecule has 0 aromatic heterocycles. The van der Waals surface area contributed by atoms with Crippen molar-refractivity contribution >= 4 is 16.4 Å². The molecule has 2 aliphatic carbocycles. The first kappa shape index (κ1) is 26.8. The van der Waals surface area contributed by atoms with Gasteiger partial charge in [0.25, 0.3) is 0 Å². The average molecular weight is 638 g/mol. The summed E-state index contributed by atoms with van der Waals surface area (Å²) in [4.78, 5) is 0. The third kappa shape index (κ3) is 5.73. The van der Waals surface area contributed by atoms with Gasteiger partial charge in [-0.2, -0.15) is 0 Å². The van der Waals surface area contributed by atoms with E-state index in [0.29, 0.717) is 5.92 Å². The van der Waals surface area contributed by atoms with Gasteiger partial charge in [-0.25, -0.2) is 0 Å². The summed E-state index contributed by atoms with van der Waals surface area (Å²) in [7, 11) is 0. The Balaban J connectivity index is 0.00000171.